The van der Waals surface area contributed by atoms with Crippen molar-refractivity contribution < 1.29 is 14.3 Å². The number of nitrogens with zero attached hydrogens (tertiary/aromatic N) is 2. The van der Waals surface area contributed by atoms with E-state index in [4.69, 9.17) is 9.72 Å². The number of carbonyl (C=O) groups excluding carboxylic acids is 2. The zero-order valence-electron chi connectivity index (χ0n) is 16.3. The molecule has 3 rings (SSSR count). The van der Waals surface area contributed by atoms with Gasteiger partial charge in [-0.15, -0.1) is 11.3 Å². The highest BCUT2D eigenvalue weighted by Crippen LogP contribution is 2.30. The summed E-state index contributed by atoms with van der Waals surface area (Å²) in [7, 11) is 0. The normalized spacial score (nSPS) is 16.7. The van der Waals surface area contributed by atoms with Gasteiger partial charge in [0.1, 0.15) is 10.6 Å². The van der Waals surface area contributed by atoms with Gasteiger partial charge in [-0.05, 0) is 33.6 Å². The number of benzene rings is 1. The smallest absolute Gasteiger partial charge is 0.410 e. The summed E-state index contributed by atoms with van der Waals surface area (Å²) in [5.74, 6) is 0.0307. The van der Waals surface area contributed by atoms with Gasteiger partial charge in [0, 0.05) is 17.0 Å². The van der Waals surface area contributed by atoms with Crippen LogP contribution in [0.5, 0.6) is 0 Å². The second-order valence-electron chi connectivity index (χ2n) is 7.72. The van der Waals surface area contributed by atoms with Crippen LogP contribution in [0.2, 0.25) is 0 Å². The molecule has 0 unspecified atom stereocenters. The van der Waals surface area contributed by atoms with Crippen LogP contribution < -0.4 is 0 Å². The van der Waals surface area contributed by atoms with E-state index in [0.717, 1.165) is 22.7 Å². The molecule has 2 heterocycles. The monoisotopic (exact) mass is 386 g/mol. The van der Waals surface area contributed by atoms with Crippen LogP contribution in [0.4, 0.5) is 4.79 Å². The van der Waals surface area contributed by atoms with Crippen molar-refractivity contribution in [3.8, 4) is 11.3 Å². The summed E-state index contributed by atoms with van der Waals surface area (Å²) in [6, 6.07) is 9.65. The number of aromatic nitrogens is 1. The van der Waals surface area contributed by atoms with Gasteiger partial charge in [-0.2, -0.15) is 0 Å². The molecular formula is C21H26N2O3S. The number of ether oxygens (including phenoxy) is 1. The predicted octanol–water partition coefficient (Wildman–Crippen LogP) is 4.49. The minimum atomic E-state index is -0.559. The van der Waals surface area contributed by atoms with E-state index in [9.17, 15) is 9.59 Å². The van der Waals surface area contributed by atoms with Crippen LogP contribution in [0.1, 0.15) is 44.0 Å². The molecule has 1 atom stereocenters. The van der Waals surface area contributed by atoms with Crippen LogP contribution in [-0.2, 0) is 22.4 Å². The Kier molecular flexibility index (Phi) is 5.65. The maximum atomic E-state index is 12.7. The Hall–Kier alpha value is -2.21. The Bertz CT molecular complexity index is 824. The molecule has 0 aliphatic carbocycles. The van der Waals surface area contributed by atoms with Gasteiger partial charge in [0.15, 0.2) is 5.78 Å². The Balaban J connectivity index is 1.70. The van der Waals surface area contributed by atoms with E-state index in [-0.39, 0.29) is 12.2 Å². The molecule has 0 N–H and O–H groups in total. The maximum Gasteiger partial charge on any atom is 0.410 e. The molecule has 1 saturated heterocycles. The molecule has 144 valence electrons. The third-order valence-corrected chi connectivity index (χ3v) is 5.65. The van der Waals surface area contributed by atoms with E-state index in [1.165, 1.54) is 9.78 Å². The molecule has 0 bridgehead atoms. The first-order chi connectivity index (χ1) is 12.8. The highest BCUT2D eigenvalue weighted by Gasteiger charge is 2.39. The Morgan fingerprint density at radius 1 is 1.26 bits per heavy atom. The number of hydrogen-bond acceptors (Lipinski definition) is 5. The molecule has 0 spiro atoms. The van der Waals surface area contributed by atoms with Gasteiger partial charge in [-0.25, -0.2) is 9.78 Å². The first-order valence-corrected chi connectivity index (χ1v) is 10.2. The fraction of sp³-hybridized carbons (Fsp3) is 0.476. The summed E-state index contributed by atoms with van der Waals surface area (Å²) < 4.78 is 5.39. The third-order valence-electron chi connectivity index (χ3n) is 4.45. The average molecular weight is 387 g/mol. The van der Waals surface area contributed by atoms with Crippen LogP contribution >= 0.6 is 11.3 Å². The first kappa shape index (κ1) is 19.5. The fourth-order valence-corrected chi connectivity index (χ4v) is 4.11. The zero-order chi connectivity index (χ0) is 19.6. The SMILES string of the molecule is CCc1sc(CC(=O)[C@@H]2CCN2C(=O)OC(C)(C)C)nc1-c1ccccc1. The van der Waals surface area contributed by atoms with Crippen LogP contribution in [-0.4, -0.2) is 39.9 Å². The number of amides is 1. The molecule has 0 radical (unpaired) electrons. The molecule has 1 fully saturated rings. The molecule has 6 heteroatoms. The van der Waals surface area contributed by atoms with Crippen molar-refractivity contribution in [1.82, 2.24) is 9.88 Å². The summed E-state index contributed by atoms with van der Waals surface area (Å²) in [6.07, 6.45) is 1.42. The molecule has 1 aliphatic rings. The minimum Gasteiger partial charge on any atom is -0.444 e. The Morgan fingerprint density at radius 3 is 2.52 bits per heavy atom. The highest BCUT2D eigenvalue weighted by molar-refractivity contribution is 7.12. The lowest BCUT2D eigenvalue weighted by Crippen LogP contribution is -2.56. The van der Waals surface area contributed by atoms with Crippen LogP contribution in [0.25, 0.3) is 11.3 Å². The summed E-state index contributed by atoms with van der Waals surface area (Å²) in [6.45, 7) is 8.15. The molecule has 1 aliphatic heterocycles. The Morgan fingerprint density at radius 2 is 1.96 bits per heavy atom. The molecular weight excluding hydrogens is 360 g/mol. The topological polar surface area (TPSA) is 59.5 Å². The Labute approximate surface area is 164 Å². The lowest BCUT2D eigenvalue weighted by molar-refractivity contribution is -0.127. The van der Waals surface area contributed by atoms with Gasteiger partial charge in [0.25, 0.3) is 0 Å². The number of rotatable bonds is 5. The molecule has 1 aromatic heterocycles. The first-order valence-electron chi connectivity index (χ1n) is 9.35. The number of Topliss-reactive ketones (excluding diaryl/α,β-unsaturated/α-hetero) is 1. The van der Waals surface area contributed by atoms with Gasteiger partial charge < -0.3 is 4.74 Å². The average Bonchev–Trinajstić information content (AvgIpc) is 2.95. The van der Waals surface area contributed by atoms with Crippen molar-refractivity contribution in [3.63, 3.8) is 0 Å². The largest absolute Gasteiger partial charge is 0.444 e. The zero-order valence-corrected chi connectivity index (χ0v) is 17.1. The third kappa shape index (κ3) is 4.56. The fourth-order valence-electron chi connectivity index (χ4n) is 3.07. The van der Waals surface area contributed by atoms with Gasteiger partial charge in [-0.1, -0.05) is 37.3 Å². The van der Waals surface area contributed by atoms with Crippen molar-refractivity contribution in [2.45, 2.75) is 58.6 Å². The van der Waals surface area contributed by atoms with Crippen molar-refractivity contribution >= 4 is 23.2 Å². The number of carbonyl (C=O) groups is 2. The van der Waals surface area contributed by atoms with E-state index in [1.807, 2.05) is 51.1 Å². The second kappa shape index (κ2) is 7.80. The maximum absolute atomic E-state index is 12.7. The number of likely N-dealkylation sites (tertiary alicyclic amines) is 1. The van der Waals surface area contributed by atoms with Crippen molar-refractivity contribution in [2.75, 3.05) is 6.54 Å². The molecule has 1 aromatic carbocycles. The lowest BCUT2D eigenvalue weighted by atomic mass is 9.97. The summed E-state index contributed by atoms with van der Waals surface area (Å²) in [5, 5.41) is 0.812. The standard InChI is InChI=1S/C21H26N2O3S/c1-5-17-19(14-9-7-6-8-10-14)22-18(27-17)13-16(24)15-11-12-23(15)20(25)26-21(2,3)4/h6-10,15H,5,11-13H2,1-4H3/t15-/m0/s1. The van der Waals surface area contributed by atoms with Crippen molar-refractivity contribution in [2.24, 2.45) is 0 Å². The number of hydrogen-bond donors (Lipinski definition) is 0. The van der Waals surface area contributed by atoms with Crippen LogP contribution in [0.15, 0.2) is 30.3 Å². The molecule has 0 saturated carbocycles. The van der Waals surface area contributed by atoms with Crippen LogP contribution in [0.3, 0.4) is 0 Å². The van der Waals surface area contributed by atoms with Crippen molar-refractivity contribution in [3.05, 3.63) is 40.2 Å². The summed E-state index contributed by atoms with van der Waals surface area (Å²) >= 11 is 1.59. The van der Waals surface area contributed by atoms with E-state index < -0.39 is 17.7 Å². The van der Waals surface area contributed by atoms with Gasteiger partial charge in [-0.3, -0.25) is 9.69 Å². The molecule has 2 aromatic rings. The van der Waals surface area contributed by atoms with Gasteiger partial charge in [0.2, 0.25) is 0 Å². The molecule has 1 amide bonds. The van der Waals surface area contributed by atoms with E-state index in [1.54, 1.807) is 11.3 Å². The number of aryl methyl sites for hydroxylation is 1. The van der Waals surface area contributed by atoms with Gasteiger partial charge in [0.05, 0.1) is 18.2 Å². The summed E-state index contributed by atoms with van der Waals surface area (Å²) in [5.41, 5.74) is 1.47. The number of thiazole rings is 1. The lowest BCUT2D eigenvalue weighted by Gasteiger charge is -2.40. The minimum absolute atomic E-state index is 0.0307. The quantitative estimate of drug-likeness (QED) is 0.759. The predicted molar refractivity (Wildman–Crippen MR) is 107 cm³/mol. The van der Waals surface area contributed by atoms with E-state index in [0.29, 0.717) is 13.0 Å². The molecule has 27 heavy (non-hydrogen) atoms. The van der Waals surface area contributed by atoms with E-state index in [2.05, 4.69) is 6.92 Å². The van der Waals surface area contributed by atoms with Gasteiger partial charge >= 0.3 is 6.09 Å². The number of ketones is 1. The van der Waals surface area contributed by atoms with Crippen molar-refractivity contribution in [1.29, 1.82) is 0 Å². The molecule has 5 nitrogen and oxygen atoms in total. The summed E-state index contributed by atoms with van der Waals surface area (Å²) in [4.78, 5) is 32.4. The van der Waals surface area contributed by atoms with Crippen LogP contribution in [0, 0.1) is 0 Å². The highest BCUT2D eigenvalue weighted by atomic mass is 32.1. The van der Waals surface area contributed by atoms with E-state index >= 15 is 0 Å². The second-order valence-corrected chi connectivity index (χ2v) is 8.89.